The molecule has 2 rings (SSSR count). The summed E-state index contributed by atoms with van der Waals surface area (Å²) < 4.78 is 5.25. The molecule has 1 aliphatic heterocycles. The van der Waals surface area contributed by atoms with E-state index in [9.17, 15) is 9.90 Å². The van der Waals surface area contributed by atoms with E-state index >= 15 is 0 Å². The van der Waals surface area contributed by atoms with Crippen LogP contribution in [-0.4, -0.2) is 48.3 Å². The molecule has 1 aromatic rings. The third-order valence-electron chi connectivity index (χ3n) is 3.72. The van der Waals surface area contributed by atoms with Crippen LogP contribution >= 0.6 is 11.6 Å². The molecule has 0 atom stereocenters. The smallest absolute Gasteiger partial charge is 0.253 e. The molecule has 0 unspecified atom stereocenters. The number of benzene rings is 1. The number of ether oxygens (including phenoxy) is 1. The van der Waals surface area contributed by atoms with Crippen molar-refractivity contribution >= 4 is 17.5 Å². The zero-order valence-electron chi connectivity index (χ0n) is 11.9. The minimum Gasteiger partial charge on any atom is -0.388 e. The fourth-order valence-corrected chi connectivity index (χ4v) is 2.72. The van der Waals surface area contributed by atoms with Crippen LogP contribution in [0.3, 0.4) is 0 Å². The lowest BCUT2D eigenvalue weighted by Crippen LogP contribution is -2.47. The van der Waals surface area contributed by atoms with Crippen LogP contribution in [0.1, 0.15) is 28.8 Å². The molecule has 1 heterocycles. The summed E-state index contributed by atoms with van der Waals surface area (Å²) in [5.41, 5.74) is 0.615. The second-order valence-corrected chi connectivity index (χ2v) is 5.89. The molecule has 1 saturated heterocycles. The van der Waals surface area contributed by atoms with Crippen LogP contribution in [-0.2, 0) is 4.74 Å². The molecular weight excluding hydrogens is 278 g/mol. The van der Waals surface area contributed by atoms with Crippen LogP contribution in [0.25, 0.3) is 0 Å². The van der Waals surface area contributed by atoms with Crippen LogP contribution < -0.4 is 0 Å². The molecule has 0 radical (unpaired) electrons. The van der Waals surface area contributed by atoms with Crippen molar-refractivity contribution in [2.75, 3.05) is 26.8 Å². The highest BCUT2D eigenvalue weighted by Crippen LogP contribution is 2.23. The van der Waals surface area contributed by atoms with Crippen molar-refractivity contribution in [1.82, 2.24) is 4.90 Å². The van der Waals surface area contributed by atoms with E-state index in [1.165, 1.54) is 0 Å². The standard InChI is InChI=1S/C15H20ClNO3/c1-11-9-12(16)3-4-13(11)14(18)17(2)10-15(19)5-7-20-8-6-15/h3-4,9,19H,5-8,10H2,1-2H3. The van der Waals surface area contributed by atoms with E-state index < -0.39 is 5.60 Å². The molecule has 1 aliphatic rings. The Kier molecular flexibility index (Phi) is 4.68. The predicted octanol–water partition coefficient (Wildman–Crippen LogP) is 2.26. The maximum absolute atomic E-state index is 12.4. The van der Waals surface area contributed by atoms with Crippen LogP contribution in [0.4, 0.5) is 0 Å². The summed E-state index contributed by atoms with van der Waals surface area (Å²) in [4.78, 5) is 14.0. The SMILES string of the molecule is Cc1cc(Cl)ccc1C(=O)N(C)CC1(O)CCOCC1. The van der Waals surface area contributed by atoms with Crippen molar-refractivity contribution in [3.63, 3.8) is 0 Å². The van der Waals surface area contributed by atoms with E-state index in [1.807, 2.05) is 6.92 Å². The maximum atomic E-state index is 12.4. The Morgan fingerprint density at radius 2 is 2.10 bits per heavy atom. The number of rotatable bonds is 3. The van der Waals surface area contributed by atoms with Gasteiger partial charge in [0, 0.05) is 50.2 Å². The lowest BCUT2D eigenvalue weighted by atomic mass is 9.93. The molecule has 110 valence electrons. The van der Waals surface area contributed by atoms with Crippen molar-refractivity contribution in [2.45, 2.75) is 25.4 Å². The van der Waals surface area contributed by atoms with E-state index in [-0.39, 0.29) is 5.91 Å². The van der Waals surface area contributed by atoms with E-state index in [0.29, 0.717) is 43.2 Å². The lowest BCUT2D eigenvalue weighted by molar-refractivity contribution is -0.0734. The Labute approximate surface area is 124 Å². The number of amides is 1. The van der Waals surface area contributed by atoms with Gasteiger partial charge in [-0.15, -0.1) is 0 Å². The molecule has 0 spiro atoms. The van der Waals surface area contributed by atoms with Crippen LogP contribution in [0.5, 0.6) is 0 Å². The van der Waals surface area contributed by atoms with Crippen LogP contribution in [0.15, 0.2) is 18.2 Å². The highest BCUT2D eigenvalue weighted by atomic mass is 35.5. The highest BCUT2D eigenvalue weighted by molar-refractivity contribution is 6.30. The first-order valence-electron chi connectivity index (χ1n) is 6.73. The molecule has 1 N–H and O–H groups in total. The van der Waals surface area contributed by atoms with Gasteiger partial charge in [-0.3, -0.25) is 4.79 Å². The molecule has 1 fully saturated rings. The van der Waals surface area contributed by atoms with Crippen molar-refractivity contribution in [2.24, 2.45) is 0 Å². The Morgan fingerprint density at radius 1 is 1.45 bits per heavy atom. The van der Waals surface area contributed by atoms with Crippen molar-refractivity contribution < 1.29 is 14.6 Å². The van der Waals surface area contributed by atoms with Gasteiger partial charge in [0.1, 0.15) is 0 Å². The van der Waals surface area contributed by atoms with Gasteiger partial charge < -0.3 is 14.7 Å². The largest absolute Gasteiger partial charge is 0.388 e. The number of carbonyl (C=O) groups is 1. The summed E-state index contributed by atoms with van der Waals surface area (Å²) in [6, 6.07) is 5.20. The van der Waals surface area contributed by atoms with E-state index in [4.69, 9.17) is 16.3 Å². The number of hydrogen-bond acceptors (Lipinski definition) is 3. The molecule has 0 aromatic heterocycles. The van der Waals surface area contributed by atoms with Crippen LogP contribution in [0.2, 0.25) is 5.02 Å². The summed E-state index contributed by atoms with van der Waals surface area (Å²) in [5.74, 6) is -0.0981. The highest BCUT2D eigenvalue weighted by Gasteiger charge is 2.32. The van der Waals surface area contributed by atoms with Gasteiger partial charge in [-0.1, -0.05) is 11.6 Å². The molecule has 4 nitrogen and oxygen atoms in total. The number of aryl methyl sites for hydroxylation is 1. The van der Waals surface area contributed by atoms with Gasteiger partial charge in [-0.25, -0.2) is 0 Å². The van der Waals surface area contributed by atoms with Gasteiger partial charge in [-0.05, 0) is 30.7 Å². The van der Waals surface area contributed by atoms with E-state index in [1.54, 1.807) is 30.1 Å². The summed E-state index contributed by atoms with van der Waals surface area (Å²) in [6.45, 7) is 3.25. The topological polar surface area (TPSA) is 49.8 Å². The quantitative estimate of drug-likeness (QED) is 0.931. The number of likely N-dealkylation sites (N-methyl/N-ethyl adjacent to an activating group) is 1. The second kappa shape index (κ2) is 6.12. The predicted molar refractivity (Wildman–Crippen MR) is 78.2 cm³/mol. The van der Waals surface area contributed by atoms with Gasteiger partial charge >= 0.3 is 0 Å². The van der Waals surface area contributed by atoms with Gasteiger partial charge in [0.2, 0.25) is 0 Å². The first kappa shape index (κ1) is 15.3. The van der Waals surface area contributed by atoms with E-state index in [2.05, 4.69) is 0 Å². The fraction of sp³-hybridized carbons (Fsp3) is 0.533. The van der Waals surface area contributed by atoms with Gasteiger partial charge in [0.05, 0.1) is 5.60 Å². The average Bonchev–Trinajstić information content (AvgIpc) is 2.38. The van der Waals surface area contributed by atoms with Crippen LogP contribution in [0, 0.1) is 6.92 Å². The normalized spacial score (nSPS) is 17.8. The van der Waals surface area contributed by atoms with Crippen molar-refractivity contribution in [3.8, 4) is 0 Å². The molecule has 5 heteroatoms. The average molecular weight is 298 g/mol. The number of nitrogens with zero attached hydrogens (tertiary/aromatic N) is 1. The summed E-state index contributed by atoms with van der Waals surface area (Å²) in [5, 5.41) is 11.1. The Bertz CT molecular complexity index is 498. The lowest BCUT2D eigenvalue weighted by Gasteiger charge is -2.35. The third-order valence-corrected chi connectivity index (χ3v) is 3.96. The molecule has 0 aliphatic carbocycles. The minimum absolute atomic E-state index is 0.0981. The summed E-state index contributed by atoms with van der Waals surface area (Å²) in [6.07, 6.45) is 1.12. The molecule has 0 bridgehead atoms. The second-order valence-electron chi connectivity index (χ2n) is 5.46. The number of aliphatic hydroxyl groups is 1. The van der Waals surface area contributed by atoms with Gasteiger partial charge in [0.25, 0.3) is 5.91 Å². The van der Waals surface area contributed by atoms with Crippen molar-refractivity contribution in [1.29, 1.82) is 0 Å². The fourth-order valence-electron chi connectivity index (χ4n) is 2.50. The Balaban J connectivity index is 2.08. The van der Waals surface area contributed by atoms with E-state index in [0.717, 1.165) is 5.56 Å². The summed E-state index contributed by atoms with van der Waals surface area (Å²) >= 11 is 5.90. The number of halogens is 1. The molecule has 0 saturated carbocycles. The van der Waals surface area contributed by atoms with Gasteiger partial charge in [0.15, 0.2) is 0 Å². The minimum atomic E-state index is -0.844. The Morgan fingerprint density at radius 3 is 2.70 bits per heavy atom. The molecular formula is C15H20ClNO3. The molecule has 1 aromatic carbocycles. The Hall–Kier alpha value is -1.10. The zero-order chi connectivity index (χ0) is 14.8. The third kappa shape index (κ3) is 3.51. The monoisotopic (exact) mass is 297 g/mol. The summed E-state index contributed by atoms with van der Waals surface area (Å²) in [7, 11) is 1.71. The zero-order valence-corrected chi connectivity index (χ0v) is 12.6. The van der Waals surface area contributed by atoms with Crippen molar-refractivity contribution in [3.05, 3.63) is 34.3 Å². The number of carbonyl (C=O) groups excluding carboxylic acids is 1. The first-order chi connectivity index (χ1) is 9.41. The molecule has 20 heavy (non-hydrogen) atoms. The first-order valence-corrected chi connectivity index (χ1v) is 7.11. The van der Waals surface area contributed by atoms with Gasteiger partial charge in [-0.2, -0.15) is 0 Å². The maximum Gasteiger partial charge on any atom is 0.253 e. The number of hydrogen-bond donors (Lipinski definition) is 1. The molecule has 1 amide bonds.